The molecule has 9 atom stereocenters. The molecule has 15 nitrogen and oxygen atoms in total. The van der Waals surface area contributed by atoms with Crippen molar-refractivity contribution in [2.75, 3.05) is 66.2 Å². The van der Waals surface area contributed by atoms with Crippen LogP contribution in [0, 0.1) is 40.9 Å². The monoisotopic (exact) mass is 1000 g/mol. The fourth-order valence-electron chi connectivity index (χ4n) is 12.5. The van der Waals surface area contributed by atoms with Gasteiger partial charge in [-0.05, 0) is 99.8 Å². The average Bonchev–Trinajstić information content (AvgIpc) is 4.24. The maximum absolute atomic E-state index is 15.3. The summed E-state index contributed by atoms with van der Waals surface area (Å²) in [5.41, 5.74) is 10.8. The van der Waals surface area contributed by atoms with Crippen LogP contribution in [0.5, 0.6) is 0 Å². The fourth-order valence-corrected chi connectivity index (χ4v) is 13.5. The van der Waals surface area contributed by atoms with Gasteiger partial charge in [0.1, 0.15) is 11.0 Å². The first-order valence-electron chi connectivity index (χ1n) is 26.9. The summed E-state index contributed by atoms with van der Waals surface area (Å²) < 4.78 is 20.9. The van der Waals surface area contributed by atoms with E-state index < -0.39 is 29.8 Å². The van der Waals surface area contributed by atoms with Gasteiger partial charge in [0, 0.05) is 110 Å². The number of ether oxygens (including phenoxy) is 3. The van der Waals surface area contributed by atoms with E-state index in [-0.39, 0.29) is 60.3 Å². The molecule has 3 aromatic heterocycles. The molecule has 1 aromatic carbocycles. The van der Waals surface area contributed by atoms with Crippen LogP contribution in [0.15, 0.2) is 35.8 Å². The number of nitrogens with zero attached hydrogens (tertiary/aromatic N) is 7. The molecule has 0 spiro atoms. The summed E-state index contributed by atoms with van der Waals surface area (Å²) in [7, 11) is 1.73. The number of nitrogens with one attached hydrogen (secondary N) is 2. The van der Waals surface area contributed by atoms with Gasteiger partial charge in [-0.2, -0.15) is 0 Å². The van der Waals surface area contributed by atoms with Gasteiger partial charge >= 0.3 is 0 Å². The number of rotatable bonds is 9. The fraction of sp³-hybridized carbons (Fsp3) is 0.643. The van der Waals surface area contributed by atoms with Gasteiger partial charge in [0.25, 0.3) is 5.91 Å². The van der Waals surface area contributed by atoms with Crippen molar-refractivity contribution in [3.05, 3.63) is 57.7 Å². The van der Waals surface area contributed by atoms with Gasteiger partial charge in [-0.3, -0.25) is 34.3 Å². The second-order valence-corrected chi connectivity index (χ2v) is 23.7. The first-order valence-corrected chi connectivity index (χ1v) is 27.7. The SMILES string of the molecule is CCn1c(-c2cc(C#C[C@@H](C)N3CCN(C4CC4)CC3)cnc2[C@H](C)OC)c2c3cc(ccc31)-c1csc(n1)[C@@H](N1CCOCC1)[C@H](NC(=O)C1[C@@H](C)[C@H]1C)C(=O)N1N[C@@H](C3CC1C3)C(O)OCC(C)(C)C2. The molecule has 7 fully saturated rings. The number of carbonyl (C=O) groups excluding carboxylic acids is 2. The van der Waals surface area contributed by atoms with Crippen LogP contribution in [0.1, 0.15) is 108 Å². The summed E-state index contributed by atoms with van der Waals surface area (Å²) in [5, 5.41) is 21.0. The third-order valence-corrected chi connectivity index (χ3v) is 18.4. The van der Waals surface area contributed by atoms with E-state index in [1.165, 1.54) is 24.2 Å². The number of fused-ring (bicyclic) bond motifs is 4. The number of amides is 2. The molecule has 0 radical (unpaired) electrons. The molecule has 8 aliphatic rings. The second-order valence-electron chi connectivity index (χ2n) is 22.8. The number of aryl methyl sites for hydroxylation is 1. The molecule has 386 valence electrons. The summed E-state index contributed by atoms with van der Waals surface area (Å²) in [5.74, 6) is 7.28. The number of aliphatic hydroxyl groups is 1. The smallest absolute Gasteiger partial charge is 0.261 e. The van der Waals surface area contributed by atoms with Crippen LogP contribution in [-0.4, -0.2) is 154 Å². The molecule has 2 unspecified atom stereocenters. The van der Waals surface area contributed by atoms with Crippen molar-refractivity contribution in [2.24, 2.45) is 29.1 Å². The molecule has 5 aliphatic heterocycles. The molecular formula is C56H75N9O6S. The summed E-state index contributed by atoms with van der Waals surface area (Å²) in [6.07, 6.45) is 5.21. The maximum atomic E-state index is 15.3. The number of hydrogen-bond donors (Lipinski definition) is 3. The first-order chi connectivity index (χ1) is 34.7. The largest absolute Gasteiger partial charge is 0.379 e. The van der Waals surface area contributed by atoms with Crippen LogP contribution in [0.4, 0.5) is 0 Å². The lowest BCUT2D eigenvalue weighted by Crippen LogP contribution is -2.73. The number of morpholine rings is 1. The highest BCUT2D eigenvalue weighted by Crippen LogP contribution is 2.47. The Morgan fingerprint density at radius 1 is 1.04 bits per heavy atom. The Morgan fingerprint density at radius 2 is 1.79 bits per heavy atom. The van der Waals surface area contributed by atoms with E-state index in [4.69, 9.17) is 24.2 Å². The molecule has 12 rings (SSSR count). The first kappa shape index (κ1) is 49.9. The third-order valence-electron chi connectivity index (χ3n) is 17.5. The second kappa shape index (κ2) is 20.1. The van der Waals surface area contributed by atoms with Gasteiger partial charge < -0.3 is 29.2 Å². The molecule has 4 aromatic rings. The number of carbonyl (C=O) groups is 2. The van der Waals surface area contributed by atoms with Crippen LogP contribution in [0.25, 0.3) is 33.4 Å². The highest BCUT2D eigenvalue weighted by Gasteiger charge is 2.54. The quantitative estimate of drug-likeness (QED) is 0.163. The maximum Gasteiger partial charge on any atom is 0.261 e. The lowest BCUT2D eigenvalue weighted by molar-refractivity contribution is -0.200. The van der Waals surface area contributed by atoms with Crippen molar-refractivity contribution in [1.29, 1.82) is 0 Å². The molecule has 72 heavy (non-hydrogen) atoms. The molecule has 2 amide bonds. The summed E-state index contributed by atoms with van der Waals surface area (Å²) in [4.78, 5) is 47.5. The minimum atomic E-state index is -1.18. The number of benzene rings is 1. The van der Waals surface area contributed by atoms with Crippen LogP contribution < -0.4 is 10.7 Å². The Balaban J connectivity index is 1.03. The van der Waals surface area contributed by atoms with Crippen molar-refractivity contribution >= 4 is 34.1 Å². The molecule has 16 heteroatoms. The molecule has 8 bridgehead atoms. The number of aliphatic hydroxyl groups excluding tert-OH is 1. The lowest BCUT2D eigenvalue weighted by Gasteiger charge is -2.55. The Morgan fingerprint density at radius 3 is 2.49 bits per heavy atom. The topological polar surface area (TPSA) is 150 Å². The zero-order valence-corrected chi connectivity index (χ0v) is 44.3. The van der Waals surface area contributed by atoms with Crippen LogP contribution in [0.3, 0.4) is 0 Å². The number of hydrazine groups is 1. The zero-order valence-electron chi connectivity index (χ0n) is 43.5. The van der Waals surface area contributed by atoms with Crippen molar-refractivity contribution < 1.29 is 28.9 Å². The van der Waals surface area contributed by atoms with Crippen molar-refractivity contribution in [2.45, 2.75) is 136 Å². The number of thiazole rings is 1. The van der Waals surface area contributed by atoms with Crippen LogP contribution in [-0.2, 0) is 36.8 Å². The van der Waals surface area contributed by atoms with Crippen molar-refractivity contribution in [3.63, 3.8) is 0 Å². The molecular weight excluding hydrogens is 927 g/mol. The van der Waals surface area contributed by atoms with Crippen molar-refractivity contribution in [3.8, 4) is 34.4 Å². The number of hydrogen-bond acceptors (Lipinski definition) is 13. The van der Waals surface area contributed by atoms with Crippen LogP contribution >= 0.6 is 11.3 Å². The molecule has 4 saturated heterocycles. The van der Waals surface area contributed by atoms with E-state index >= 15 is 4.79 Å². The van der Waals surface area contributed by atoms with Crippen molar-refractivity contribution in [1.82, 2.24) is 45.0 Å². The standard InChI is InChI=1S/C56H75N9O6S/c1-9-64-45-15-12-37-27-41(45)43(50(64)42-24-36(29-57-47(42)35(5)69-8)11-10-32(2)61-16-18-62(19-17-61)39-13-14-39)28-56(6,7)31-71-55(68)48-38-25-40(26-38)65(60-48)54(67)49(59-52(66)46-33(3)34(46)4)51(53-58-44(37)30-72-53)63-20-22-70-23-21-63/h12,15,24,27,29-30,32-35,38-40,46,48-49,51,55,60,68H,9,13-14,16-23,25-26,28,31H2,1-8H3,(H,59,66)/t32-,33-,34+,35+,38?,40?,46?,48+,49+,51+,55?/m1/s1. The Labute approximate surface area is 429 Å². The van der Waals surface area contributed by atoms with Gasteiger partial charge in [0.15, 0.2) is 6.29 Å². The average molecular weight is 1000 g/mol. The normalized spacial score (nSPS) is 31.0. The number of piperazine rings is 1. The van der Waals surface area contributed by atoms with Gasteiger partial charge in [-0.1, -0.05) is 45.6 Å². The van der Waals surface area contributed by atoms with E-state index in [1.54, 1.807) is 12.1 Å². The number of pyridine rings is 1. The van der Waals surface area contributed by atoms with E-state index in [9.17, 15) is 9.90 Å². The Bertz CT molecular complexity index is 2720. The van der Waals surface area contributed by atoms with E-state index in [1.807, 2.05) is 6.20 Å². The minimum Gasteiger partial charge on any atom is -0.379 e. The van der Waals surface area contributed by atoms with Gasteiger partial charge in [-0.15, -0.1) is 11.3 Å². The molecule has 3 saturated carbocycles. The van der Waals surface area contributed by atoms with Crippen LogP contribution in [0.2, 0.25) is 0 Å². The number of methoxy groups -OCH3 is 1. The summed E-state index contributed by atoms with van der Waals surface area (Å²) >= 11 is 1.53. The summed E-state index contributed by atoms with van der Waals surface area (Å²) in [6.45, 7) is 22.5. The lowest BCUT2D eigenvalue weighted by atomic mass is 9.72. The summed E-state index contributed by atoms with van der Waals surface area (Å²) in [6, 6.07) is 7.70. The van der Waals surface area contributed by atoms with E-state index in [0.717, 1.165) is 100 Å². The zero-order chi connectivity index (χ0) is 50.2. The van der Waals surface area contributed by atoms with Gasteiger partial charge in [0.2, 0.25) is 5.91 Å². The molecule has 3 aliphatic carbocycles. The van der Waals surface area contributed by atoms with E-state index in [2.05, 4.69) is 120 Å². The van der Waals surface area contributed by atoms with E-state index in [0.29, 0.717) is 39.3 Å². The van der Waals surface area contributed by atoms with Gasteiger partial charge in [0.05, 0.1) is 61.1 Å². The Kier molecular flexibility index (Phi) is 13.9. The highest BCUT2D eigenvalue weighted by atomic mass is 32.1. The van der Waals surface area contributed by atoms with Gasteiger partial charge in [-0.25, -0.2) is 10.4 Å². The third kappa shape index (κ3) is 9.56. The molecule has 8 heterocycles. The highest BCUT2D eigenvalue weighted by molar-refractivity contribution is 7.10. The molecule has 3 N–H and O–H groups in total. The predicted octanol–water partition coefficient (Wildman–Crippen LogP) is 6.25. The predicted molar refractivity (Wildman–Crippen MR) is 278 cm³/mol. The minimum absolute atomic E-state index is 0.0598. The Hall–Kier alpha value is -4.28. The number of aromatic nitrogens is 3.